The second-order valence-electron chi connectivity index (χ2n) is 13.3. The number of aryl methyl sites for hydroxylation is 2. The Morgan fingerprint density at radius 3 is 2.62 bits per heavy atom. The molecule has 0 unspecified atom stereocenters. The molecule has 3 saturated carbocycles. The molecule has 1 aromatic heterocycles. The number of rotatable bonds is 6. The third kappa shape index (κ3) is 7.23. The molecule has 3 fully saturated rings. The van der Waals surface area contributed by atoms with Crippen molar-refractivity contribution in [1.82, 2.24) is 19.9 Å². The van der Waals surface area contributed by atoms with Gasteiger partial charge in [-0.15, -0.1) is 11.3 Å². The topological polar surface area (TPSA) is 164 Å². The maximum Gasteiger partial charge on any atom is 0.411 e. The van der Waals surface area contributed by atoms with Crippen LogP contribution in [0.3, 0.4) is 0 Å². The average molecular weight is 684 g/mol. The summed E-state index contributed by atoms with van der Waals surface area (Å²) in [6.07, 6.45) is 6.14. The lowest BCUT2D eigenvalue weighted by molar-refractivity contribution is -0.140. The van der Waals surface area contributed by atoms with Crippen molar-refractivity contribution in [3.63, 3.8) is 0 Å². The molecular weight excluding hydrogens is 643 g/mol. The molecule has 1 aliphatic heterocycles. The Morgan fingerprint density at radius 1 is 1.13 bits per heavy atom. The lowest BCUT2D eigenvalue weighted by atomic mass is 9.93. The number of nitrogens with zero attached hydrogens (tertiary/aromatic N) is 2. The quantitative estimate of drug-likeness (QED) is 0.384. The summed E-state index contributed by atoms with van der Waals surface area (Å²) in [6, 6.07) is 5.66. The van der Waals surface area contributed by atoms with Crippen LogP contribution in [0.4, 0.5) is 10.5 Å². The second-order valence-corrected chi connectivity index (χ2v) is 16.1. The van der Waals surface area contributed by atoms with Crippen LogP contribution in [-0.4, -0.2) is 72.6 Å². The summed E-state index contributed by atoms with van der Waals surface area (Å²) in [5, 5.41) is 7.78. The van der Waals surface area contributed by atoms with E-state index in [1.165, 1.54) is 11.3 Å². The van der Waals surface area contributed by atoms with Gasteiger partial charge in [0.1, 0.15) is 16.7 Å². The number of amides is 4. The van der Waals surface area contributed by atoms with E-state index in [-0.39, 0.29) is 31.1 Å². The first-order valence-electron chi connectivity index (χ1n) is 16.2. The third-order valence-electron chi connectivity index (χ3n) is 9.53. The van der Waals surface area contributed by atoms with Crippen LogP contribution in [0.1, 0.15) is 62.6 Å². The number of thiazole rings is 1. The van der Waals surface area contributed by atoms with Gasteiger partial charge in [0.15, 0.2) is 0 Å². The van der Waals surface area contributed by atoms with Crippen molar-refractivity contribution < 1.29 is 32.3 Å². The van der Waals surface area contributed by atoms with Gasteiger partial charge >= 0.3 is 6.09 Å². The van der Waals surface area contributed by atoms with Gasteiger partial charge in [-0.05, 0) is 82.9 Å². The number of hydrogen-bond acceptors (Lipinski definition) is 9. The zero-order chi connectivity index (χ0) is 33.5. The summed E-state index contributed by atoms with van der Waals surface area (Å²) in [6.45, 7) is 4.33. The molecule has 1 aromatic carbocycles. The van der Waals surface area contributed by atoms with Crippen LogP contribution in [0.5, 0.6) is 0 Å². The Labute approximate surface area is 278 Å². The first-order chi connectivity index (χ1) is 22.4. The molecule has 0 spiro atoms. The highest BCUT2D eigenvalue weighted by molar-refractivity contribution is 7.91. The fourth-order valence-electron chi connectivity index (χ4n) is 6.61. The molecule has 5 atom stereocenters. The number of allylic oxidation sites excluding steroid dienone is 1. The summed E-state index contributed by atoms with van der Waals surface area (Å²) in [5.41, 5.74) is 1.67. The Bertz CT molecular complexity index is 1720. The molecule has 47 heavy (non-hydrogen) atoms. The van der Waals surface area contributed by atoms with Crippen LogP contribution in [0.15, 0.2) is 35.7 Å². The Balaban J connectivity index is 1.20. The van der Waals surface area contributed by atoms with Crippen molar-refractivity contribution in [3.05, 3.63) is 47.0 Å². The van der Waals surface area contributed by atoms with Crippen LogP contribution in [0, 0.1) is 31.6 Å². The monoisotopic (exact) mass is 683 g/mol. The van der Waals surface area contributed by atoms with Gasteiger partial charge in [-0.25, -0.2) is 18.2 Å². The smallest absolute Gasteiger partial charge is 0.411 e. The summed E-state index contributed by atoms with van der Waals surface area (Å²) < 4.78 is 33.3. The van der Waals surface area contributed by atoms with Crippen LogP contribution in [-0.2, 0) is 29.1 Å². The van der Waals surface area contributed by atoms with Crippen LogP contribution >= 0.6 is 11.3 Å². The Kier molecular flexibility index (Phi) is 9.18. The predicted molar refractivity (Wildman–Crippen MR) is 177 cm³/mol. The first kappa shape index (κ1) is 33.1. The van der Waals surface area contributed by atoms with E-state index in [2.05, 4.69) is 20.3 Å². The van der Waals surface area contributed by atoms with Crippen molar-refractivity contribution in [2.75, 3.05) is 18.9 Å². The van der Waals surface area contributed by atoms with E-state index < -0.39 is 56.7 Å². The number of aromatic nitrogens is 1. The van der Waals surface area contributed by atoms with Crippen molar-refractivity contribution >= 4 is 50.9 Å². The number of benzene rings is 1. The average Bonchev–Trinajstić information content (AvgIpc) is 3.90. The maximum absolute atomic E-state index is 13.9. The molecule has 0 saturated heterocycles. The normalized spacial score (nSPS) is 28.7. The molecule has 12 nitrogen and oxygen atoms in total. The van der Waals surface area contributed by atoms with Crippen LogP contribution < -0.4 is 15.4 Å². The fourth-order valence-corrected chi connectivity index (χ4v) is 8.81. The van der Waals surface area contributed by atoms with Gasteiger partial charge in [0, 0.05) is 36.1 Å². The summed E-state index contributed by atoms with van der Waals surface area (Å²) >= 11 is 1.47. The molecule has 0 radical (unpaired) electrons. The number of hydrogen-bond donors (Lipinski definition) is 3. The van der Waals surface area contributed by atoms with E-state index in [0.29, 0.717) is 25.1 Å². The van der Waals surface area contributed by atoms with Gasteiger partial charge < -0.3 is 15.0 Å². The Hall–Kier alpha value is -3.78. The number of carbonyl (C=O) groups excluding carboxylic acids is 4. The third-order valence-corrected chi connectivity index (χ3v) is 12.3. The SMILES string of the molecule is Cc1ccc(-c2nc(C)cs2)c(NC(=O)O[C@@H]2C[C@H]3C(=O)N[C@]4(C(=O)NS(=O)(=O)C5CC5)C[C@H]4/C=C\CCCCN(C)C(=O)[C@@H]3C2)c1. The molecule has 2 heterocycles. The summed E-state index contributed by atoms with van der Waals surface area (Å²) in [7, 11) is -2.13. The van der Waals surface area contributed by atoms with Crippen LogP contribution in [0.25, 0.3) is 10.6 Å². The molecule has 3 N–H and O–H groups in total. The van der Waals surface area contributed by atoms with Crippen molar-refractivity contribution in [2.45, 2.75) is 82.1 Å². The molecule has 2 aromatic rings. The standard InChI is InChI=1S/C33H41N5O7S2/c1-19-9-12-24(29-34-20(2)18-46-29)27(14-19)35-32(42)45-22-15-25-26(16-22)30(40)38(3)13-7-5-4-6-8-21-17-33(21,36-28(25)39)31(41)37-47(43,44)23-10-11-23/h6,8-9,12,14,18,21-23,25-26H,4-5,7,10-11,13,15-17H2,1-3H3,(H,35,42)(H,36,39)(H,37,41)/b8-6-/t21-,22-,25-,26-,33-/m1/s1. The predicted octanol–water partition coefficient (Wildman–Crippen LogP) is 4.05. The minimum Gasteiger partial charge on any atom is -0.446 e. The van der Waals surface area contributed by atoms with Crippen molar-refractivity contribution in [1.29, 1.82) is 0 Å². The maximum atomic E-state index is 13.9. The molecular formula is C33H41N5O7S2. The molecule has 4 amide bonds. The van der Waals surface area contributed by atoms with E-state index >= 15 is 0 Å². The number of ether oxygens (including phenoxy) is 1. The zero-order valence-corrected chi connectivity index (χ0v) is 28.4. The fraction of sp³-hybridized carbons (Fsp3) is 0.545. The molecule has 6 rings (SSSR count). The van der Waals surface area contributed by atoms with Crippen LogP contribution in [0.2, 0.25) is 0 Å². The second kappa shape index (κ2) is 13.0. The summed E-state index contributed by atoms with van der Waals surface area (Å²) in [5.74, 6) is -3.55. The molecule has 14 heteroatoms. The van der Waals surface area contributed by atoms with Crippen molar-refractivity contribution in [2.24, 2.45) is 17.8 Å². The molecule has 3 aliphatic carbocycles. The highest BCUT2D eigenvalue weighted by Crippen LogP contribution is 2.47. The number of sulfonamides is 1. The molecule has 252 valence electrons. The lowest BCUT2D eigenvalue weighted by Gasteiger charge is -2.26. The highest BCUT2D eigenvalue weighted by atomic mass is 32.2. The van der Waals surface area contributed by atoms with E-state index in [1.807, 2.05) is 49.6 Å². The van der Waals surface area contributed by atoms with E-state index in [9.17, 15) is 27.6 Å². The lowest BCUT2D eigenvalue weighted by Crippen LogP contribution is -2.54. The minimum atomic E-state index is -3.83. The number of carbonyl (C=O) groups is 4. The zero-order valence-electron chi connectivity index (χ0n) is 26.8. The van der Waals surface area contributed by atoms with E-state index in [4.69, 9.17) is 4.74 Å². The van der Waals surface area contributed by atoms with Crippen molar-refractivity contribution in [3.8, 4) is 10.6 Å². The minimum absolute atomic E-state index is 0.0778. The van der Waals surface area contributed by atoms with Gasteiger partial charge in [-0.3, -0.25) is 24.4 Å². The number of nitrogens with one attached hydrogen (secondary N) is 3. The van der Waals surface area contributed by atoms with Gasteiger partial charge in [-0.1, -0.05) is 18.2 Å². The van der Waals surface area contributed by atoms with Gasteiger partial charge in [0.05, 0.1) is 22.8 Å². The molecule has 0 bridgehead atoms. The van der Waals surface area contributed by atoms with Gasteiger partial charge in [-0.2, -0.15) is 0 Å². The van der Waals surface area contributed by atoms with E-state index in [0.717, 1.165) is 41.1 Å². The van der Waals surface area contributed by atoms with E-state index in [1.54, 1.807) is 11.9 Å². The highest BCUT2D eigenvalue weighted by Gasteiger charge is 2.62. The first-order valence-corrected chi connectivity index (χ1v) is 18.6. The number of fused-ring (bicyclic) bond motifs is 2. The largest absolute Gasteiger partial charge is 0.446 e. The Morgan fingerprint density at radius 2 is 1.89 bits per heavy atom. The summed E-state index contributed by atoms with van der Waals surface area (Å²) in [4.78, 5) is 60.5. The molecule has 4 aliphatic rings. The van der Waals surface area contributed by atoms with Gasteiger partial charge in [0.2, 0.25) is 21.8 Å². The van der Waals surface area contributed by atoms with Gasteiger partial charge in [0.25, 0.3) is 5.91 Å². The number of anilines is 1.